The average Bonchev–Trinajstić information content (AvgIpc) is 2.51. The molecule has 0 aliphatic carbocycles. The molecule has 23 heavy (non-hydrogen) atoms. The Bertz CT molecular complexity index is 582. The Labute approximate surface area is 140 Å². The summed E-state index contributed by atoms with van der Waals surface area (Å²) in [6.07, 6.45) is 3.45. The molecule has 1 aromatic carbocycles. The predicted octanol–water partition coefficient (Wildman–Crippen LogP) is 2.94. The van der Waals surface area contributed by atoms with E-state index in [0.29, 0.717) is 19.3 Å². The highest BCUT2D eigenvalue weighted by Crippen LogP contribution is 2.12. The maximum absolute atomic E-state index is 11.3. The Morgan fingerprint density at radius 1 is 1.26 bits per heavy atom. The number of nitrogens with zero attached hydrogens (tertiary/aromatic N) is 2. The zero-order valence-corrected chi connectivity index (χ0v) is 14.8. The minimum Gasteiger partial charge on any atom is -0.299 e. The molecule has 0 aliphatic rings. The van der Waals surface area contributed by atoms with Gasteiger partial charge in [-0.15, -0.1) is 0 Å². The van der Waals surface area contributed by atoms with Crippen molar-refractivity contribution in [2.24, 2.45) is 0 Å². The molecule has 1 rings (SSSR count). The largest absolute Gasteiger partial charge is 0.299 e. The van der Waals surface area contributed by atoms with Gasteiger partial charge in [0.2, 0.25) is 0 Å². The summed E-state index contributed by atoms with van der Waals surface area (Å²) in [5, 5.41) is 8.70. The highest BCUT2D eigenvalue weighted by molar-refractivity contribution is 7.86. The van der Waals surface area contributed by atoms with Gasteiger partial charge in [0, 0.05) is 19.5 Å². The number of nitriles is 1. The molecule has 0 aromatic heterocycles. The third kappa shape index (κ3) is 9.34. The van der Waals surface area contributed by atoms with Gasteiger partial charge in [-0.25, -0.2) is 0 Å². The van der Waals surface area contributed by atoms with Gasteiger partial charge in [0.1, 0.15) is 0 Å². The molecule has 0 saturated carbocycles. The lowest BCUT2D eigenvalue weighted by atomic mass is 10.1. The van der Waals surface area contributed by atoms with E-state index in [0.717, 1.165) is 32.3 Å². The third-order valence-electron chi connectivity index (χ3n) is 3.55. The van der Waals surface area contributed by atoms with Gasteiger partial charge in [-0.05, 0) is 31.4 Å². The van der Waals surface area contributed by atoms with Gasteiger partial charge in [0.15, 0.2) is 0 Å². The smallest absolute Gasteiger partial charge is 0.264 e. The van der Waals surface area contributed by atoms with Crippen LogP contribution in [0.25, 0.3) is 0 Å². The van der Waals surface area contributed by atoms with Crippen LogP contribution in [0.1, 0.15) is 38.2 Å². The van der Waals surface area contributed by atoms with Crippen LogP contribution < -0.4 is 0 Å². The number of hydrogen-bond donors (Lipinski definition) is 0. The van der Waals surface area contributed by atoms with Gasteiger partial charge in [0.25, 0.3) is 10.1 Å². The standard InChI is InChI=1S/C17H26N2O3S/c1-3-17(22-23(2,20)21)11-14-19(13-8-7-12-18)15-16-9-5-4-6-10-16/h4-6,9-10,17H,3,7-8,11,13-15H2,1-2H3/t17-/m1/s1. The number of rotatable bonds is 11. The van der Waals surface area contributed by atoms with Crippen LogP contribution in [0.5, 0.6) is 0 Å². The van der Waals surface area contributed by atoms with Crippen LogP contribution in [0.3, 0.4) is 0 Å². The summed E-state index contributed by atoms with van der Waals surface area (Å²) in [5.41, 5.74) is 1.21. The predicted molar refractivity (Wildman–Crippen MR) is 91.2 cm³/mol. The second kappa shape index (κ2) is 10.4. The molecule has 0 N–H and O–H groups in total. The monoisotopic (exact) mass is 338 g/mol. The van der Waals surface area contributed by atoms with Gasteiger partial charge in [0.05, 0.1) is 18.4 Å². The molecular weight excluding hydrogens is 312 g/mol. The second-order valence-electron chi connectivity index (χ2n) is 5.64. The number of unbranched alkanes of at least 4 members (excludes halogenated alkanes) is 1. The van der Waals surface area contributed by atoms with E-state index < -0.39 is 10.1 Å². The van der Waals surface area contributed by atoms with E-state index in [1.165, 1.54) is 5.56 Å². The topological polar surface area (TPSA) is 70.4 Å². The van der Waals surface area contributed by atoms with Gasteiger partial charge >= 0.3 is 0 Å². The summed E-state index contributed by atoms with van der Waals surface area (Å²) in [7, 11) is -3.42. The summed E-state index contributed by atoms with van der Waals surface area (Å²) >= 11 is 0. The van der Waals surface area contributed by atoms with Crippen LogP contribution in [0.4, 0.5) is 0 Å². The molecule has 1 aromatic rings. The summed E-state index contributed by atoms with van der Waals surface area (Å²) in [6.45, 7) is 4.28. The Balaban J connectivity index is 2.59. The fraction of sp³-hybridized carbons (Fsp3) is 0.588. The van der Waals surface area contributed by atoms with Crippen molar-refractivity contribution in [1.29, 1.82) is 5.26 Å². The SMILES string of the molecule is CC[C@H](CCN(CCCC#N)Cc1ccccc1)OS(C)(=O)=O. The van der Waals surface area contributed by atoms with E-state index in [2.05, 4.69) is 23.1 Å². The lowest BCUT2D eigenvalue weighted by Crippen LogP contribution is -2.29. The zero-order chi connectivity index (χ0) is 17.1. The van der Waals surface area contributed by atoms with Crippen molar-refractivity contribution in [3.63, 3.8) is 0 Å². The Morgan fingerprint density at radius 3 is 2.52 bits per heavy atom. The van der Waals surface area contributed by atoms with Crippen LogP contribution in [0, 0.1) is 11.3 Å². The van der Waals surface area contributed by atoms with Crippen molar-refractivity contribution in [2.75, 3.05) is 19.3 Å². The molecule has 0 saturated heterocycles. The lowest BCUT2D eigenvalue weighted by Gasteiger charge is -2.24. The van der Waals surface area contributed by atoms with E-state index in [1.807, 2.05) is 25.1 Å². The maximum Gasteiger partial charge on any atom is 0.264 e. The molecule has 0 fully saturated rings. The normalized spacial score (nSPS) is 13.0. The van der Waals surface area contributed by atoms with Crippen molar-refractivity contribution in [2.45, 2.75) is 45.3 Å². The molecule has 6 heteroatoms. The van der Waals surface area contributed by atoms with Crippen LogP contribution >= 0.6 is 0 Å². The molecule has 0 spiro atoms. The highest BCUT2D eigenvalue weighted by atomic mass is 32.2. The number of hydrogen-bond acceptors (Lipinski definition) is 5. The maximum atomic E-state index is 11.3. The summed E-state index contributed by atoms with van der Waals surface area (Å²) in [6, 6.07) is 12.3. The first-order valence-corrected chi connectivity index (χ1v) is 9.77. The van der Waals surface area contributed by atoms with Crippen LogP contribution in [-0.2, 0) is 20.8 Å². The molecule has 0 bridgehead atoms. The molecule has 0 amide bonds. The van der Waals surface area contributed by atoms with E-state index in [9.17, 15) is 8.42 Å². The summed E-state index contributed by atoms with van der Waals surface area (Å²) in [4.78, 5) is 2.25. The summed E-state index contributed by atoms with van der Waals surface area (Å²) < 4.78 is 27.7. The Kier molecular flexibility index (Phi) is 8.85. The molecule has 0 aliphatic heterocycles. The first-order chi connectivity index (χ1) is 10.9. The first-order valence-electron chi connectivity index (χ1n) is 7.96. The number of benzene rings is 1. The Hall–Kier alpha value is -1.42. The van der Waals surface area contributed by atoms with Crippen molar-refractivity contribution in [3.05, 3.63) is 35.9 Å². The molecule has 128 valence electrons. The van der Waals surface area contributed by atoms with Gasteiger partial charge in [-0.2, -0.15) is 13.7 Å². The van der Waals surface area contributed by atoms with E-state index >= 15 is 0 Å². The minimum absolute atomic E-state index is 0.292. The molecule has 0 radical (unpaired) electrons. The van der Waals surface area contributed by atoms with E-state index in [4.69, 9.17) is 9.44 Å². The molecule has 0 heterocycles. The van der Waals surface area contributed by atoms with E-state index in [-0.39, 0.29) is 6.10 Å². The molecule has 1 atom stereocenters. The van der Waals surface area contributed by atoms with Gasteiger partial charge < -0.3 is 0 Å². The third-order valence-corrected chi connectivity index (χ3v) is 4.17. The summed E-state index contributed by atoms with van der Waals surface area (Å²) in [5.74, 6) is 0. The lowest BCUT2D eigenvalue weighted by molar-refractivity contribution is 0.162. The van der Waals surface area contributed by atoms with Crippen LogP contribution in [-0.4, -0.2) is 38.8 Å². The molecule has 5 nitrogen and oxygen atoms in total. The quantitative estimate of drug-likeness (QED) is 0.458. The fourth-order valence-corrected chi connectivity index (χ4v) is 3.11. The van der Waals surface area contributed by atoms with Gasteiger partial charge in [-0.1, -0.05) is 37.3 Å². The average molecular weight is 338 g/mol. The first kappa shape index (κ1) is 19.6. The van der Waals surface area contributed by atoms with Crippen LogP contribution in [0.15, 0.2) is 30.3 Å². The minimum atomic E-state index is -3.42. The van der Waals surface area contributed by atoms with Crippen molar-refractivity contribution in [1.82, 2.24) is 4.90 Å². The second-order valence-corrected chi connectivity index (χ2v) is 7.24. The van der Waals surface area contributed by atoms with Crippen LogP contribution in [0.2, 0.25) is 0 Å². The molecular formula is C17H26N2O3S. The van der Waals surface area contributed by atoms with Crippen molar-refractivity contribution >= 4 is 10.1 Å². The Morgan fingerprint density at radius 2 is 1.96 bits per heavy atom. The van der Waals surface area contributed by atoms with Gasteiger partial charge in [-0.3, -0.25) is 9.08 Å². The van der Waals surface area contributed by atoms with Crippen molar-refractivity contribution < 1.29 is 12.6 Å². The zero-order valence-electron chi connectivity index (χ0n) is 13.9. The van der Waals surface area contributed by atoms with E-state index in [1.54, 1.807) is 0 Å². The fourth-order valence-electron chi connectivity index (χ4n) is 2.39. The molecule has 0 unspecified atom stereocenters. The highest BCUT2D eigenvalue weighted by Gasteiger charge is 2.15. The van der Waals surface area contributed by atoms with Crippen molar-refractivity contribution in [3.8, 4) is 6.07 Å².